The molecule has 0 saturated carbocycles. The molecule has 0 fully saturated rings. The largest absolute Gasteiger partial charge is 0.0807 e. The van der Waals surface area contributed by atoms with Crippen molar-refractivity contribution < 1.29 is 0 Å². The van der Waals surface area contributed by atoms with Gasteiger partial charge in [0.2, 0.25) is 0 Å². The maximum Gasteiger partial charge on any atom is -0.0244 e. The molecule has 8 heavy (non-hydrogen) atoms. The summed E-state index contributed by atoms with van der Waals surface area (Å²) >= 11 is 0. The van der Waals surface area contributed by atoms with Crippen LogP contribution in [0.15, 0.2) is 23.3 Å². The lowest BCUT2D eigenvalue weighted by Crippen LogP contribution is -1.69. The highest BCUT2D eigenvalue weighted by atomic mass is 14.2. The Bertz CT molecular complexity index is 141. The van der Waals surface area contributed by atoms with Crippen molar-refractivity contribution in [2.45, 2.75) is 25.7 Å². The van der Waals surface area contributed by atoms with Crippen LogP contribution in [0.3, 0.4) is 0 Å². The summed E-state index contributed by atoms with van der Waals surface area (Å²) in [5.74, 6) is 0. The van der Waals surface area contributed by atoms with Gasteiger partial charge in [-0.25, -0.2) is 0 Å². The second kappa shape index (κ2) is 1.48. The average molecular weight is 106 g/mol. The summed E-state index contributed by atoms with van der Waals surface area (Å²) in [5.41, 5.74) is 3.29. The molecule has 2 aliphatic rings. The van der Waals surface area contributed by atoms with Gasteiger partial charge >= 0.3 is 0 Å². The zero-order chi connectivity index (χ0) is 5.40. The number of allylic oxidation sites excluding steroid dienone is 4. The van der Waals surface area contributed by atoms with E-state index in [4.69, 9.17) is 0 Å². The predicted octanol–water partition coefficient (Wildman–Crippen LogP) is 2.43. The van der Waals surface area contributed by atoms with E-state index in [-0.39, 0.29) is 0 Å². The van der Waals surface area contributed by atoms with Gasteiger partial charge in [0, 0.05) is 0 Å². The molecule has 0 aromatic heterocycles. The van der Waals surface area contributed by atoms with Gasteiger partial charge in [0.1, 0.15) is 0 Å². The van der Waals surface area contributed by atoms with Crippen LogP contribution in [0.5, 0.6) is 0 Å². The molecule has 0 saturated heterocycles. The van der Waals surface area contributed by atoms with E-state index in [1.54, 1.807) is 11.1 Å². The molecule has 0 unspecified atom stereocenters. The summed E-state index contributed by atoms with van der Waals surface area (Å²) in [4.78, 5) is 0. The molecule has 0 bridgehead atoms. The number of fused-ring (bicyclic) bond motifs is 1. The Hall–Kier alpha value is -0.520. The average Bonchev–Trinajstić information content (AvgIpc) is 2.15. The van der Waals surface area contributed by atoms with Crippen molar-refractivity contribution in [2.75, 3.05) is 0 Å². The van der Waals surface area contributed by atoms with E-state index in [1.807, 2.05) is 0 Å². The molecule has 0 N–H and O–H groups in total. The minimum absolute atomic E-state index is 1.31. The molecule has 0 amide bonds. The van der Waals surface area contributed by atoms with Crippen molar-refractivity contribution in [3.05, 3.63) is 23.3 Å². The van der Waals surface area contributed by atoms with E-state index in [9.17, 15) is 0 Å². The molecule has 0 atom stereocenters. The lowest BCUT2D eigenvalue weighted by Gasteiger charge is -1.89. The third-order valence-corrected chi connectivity index (χ3v) is 2.02. The molecule has 0 aliphatic heterocycles. The second-order valence-electron chi connectivity index (χ2n) is 2.54. The fourth-order valence-electron chi connectivity index (χ4n) is 1.59. The SMILES string of the molecule is C1=C2CCC=C2CC1. The summed E-state index contributed by atoms with van der Waals surface area (Å²) < 4.78 is 0. The molecule has 0 heteroatoms. The first-order valence-electron chi connectivity index (χ1n) is 3.35. The Labute approximate surface area is 49.9 Å². The highest BCUT2D eigenvalue weighted by molar-refractivity contribution is 5.39. The third kappa shape index (κ3) is 0.459. The van der Waals surface area contributed by atoms with Crippen molar-refractivity contribution in [1.82, 2.24) is 0 Å². The molecule has 0 aromatic carbocycles. The molecular formula is C8H10. The van der Waals surface area contributed by atoms with Gasteiger partial charge in [-0.2, -0.15) is 0 Å². The number of hydrogen-bond donors (Lipinski definition) is 0. The molecular weight excluding hydrogens is 96.1 g/mol. The van der Waals surface area contributed by atoms with Crippen LogP contribution in [0.2, 0.25) is 0 Å². The molecule has 0 radical (unpaired) electrons. The zero-order valence-corrected chi connectivity index (χ0v) is 4.98. The van der Waals surface area contributed by atoms with Crippen LogP contribution in [0.1, 0.15) is 25.7 Å². The molecule has 0 aromatic rings. The smallest absolute Gasteiger partial charge is 0.0244 e. The Morgan fingerprint density at radius 3 is 1.88 bits per heavy atom. The highest BCUT2D eigenvalue weighted by Crippen LogP contribution is 2.33. The number of rotatable bonds is 0. The Balaban J connectivity index is 2.37. The lowest BCUT2D eigenvalue weighted by atomic mass is 10.2. The van der Waals surface area contributed by atoms with Crippen LogP contribution in [0.25, 0.3) is 0 Å². The standard InChI is InChI=1S/C8H10/c1-3-7-5-2-6-8(7)4-1/h3,6H,1-2,4-5H2. The Kier molecular flexibility index (Phi) is 0.806. The summed E-state index contributed by atoms with van der Waals surface area (Å²) in [6, 6.07) is 0. The van der Waals surface area contributed by atoms with Crippen molar-refractivity contribution in [3.63, 3.8) is 0 Å². The quantitative estimate of drug-likeness (QED) is 0.445. The maximum absolute atomic E-state index is 2.39. The third-order valence-electron chi connectivity index (χ3n) is 2.02. The van der Waals surface area contributed by atoms with Gasteiger partial charge in [-0.15, -0.1) is 0 Å². The van der Waals surface area contributed by atoms with E-state index in [0.717, 1.165) is 0 Å². The fraction of sp³-hybridized carbons (Fsp3) is 0.500. The summed E-state index contributed by atoms with van der Waals surface area (Å²) in [5, 5.41) is 0. The molecule has 42 valence electrons. The van der Waals surface area contributed by atoms with E-state index < -0.39 is 0 Å². The first kappa shape index (κ1) is 4.37. The maximum atomic E-state index is 2.39. The van der Waals surface area contributed by atoms with Gasteiger partial charge in [-0.05, 0) is 36.8 Å². The van der Waals surface area contributed by atoms with E-state index >= 15 is 0 Å². The Morgan fingerprint density at radius 1 is 0.875 bits per heavy atom. The molecule has 0 spiro atoms. The first-order valence-corrected chi connectivity index (χ1v) is 3.35. The molecule has 2 rings (SSSR count). The minimum Gasteiger partial charge on any atom is -0.0807 e. The minimum atomic E-state index is 1.31. The fourth-order valence-corrected chi connectivity index (χ4v) is 1.59. The predicted molar refractivity (Wildman–Crippen MR) is 34.6 cm³/mol. The van der Waals surface area contributed by atoms with Crippen molar-refractivity contribution in [1.29, 1.82) is 0 Å². The van der Waals surface area contributed by atoms with Crippen LogP contribution in [0, 0.1) is 0 Å². The van der Waals surface area contributed by atoms with Crippen LogP contribution in [-0.4, -0.2) is 0 Å². The van der Waals surface area contributed by atoms with Crippen LogP contribution in [0.4, 0.5) is 0 Å². The second-order valence-corrected chi connectivity index (χ2v) is 2.54. The summed E-state index contributed by atoms with van der Waals surface area (Å²) in [6.45, 7) is 0. The van der Waals surface area contributed by atoms with Crippen LogP contribution >= 0.6 is 0 Å². The van der Waals surface area contributed by atoms with Crippen molar-refractivity contribution in [3.8, 4) is 0 Å². The summed E-state index contributed by atoms with van der Waals surface area (Å²) in [7, 11) is 0. The van der Waals surface area contributed by atoms with Crippen LogP contribution < -0.4 is 0 Å². The van der Waals surface area contributed by atoms with Gasteiger partial charge in [0.05, 0.1) is 0 Å². The van der Waals surface area contributed by atoms with Gasteiger partial charge in [-0.3, -0.25) is 0 Å². The van der Waals surface area contributed by atoms with E-state index in [0.29, 0.717) is 0 Å². The lowest BCUT2D eigenvalue weighted by molar-refractivity contribution is 1.05. The van der Waals surface area contributed by atoms with Gasteiger partial charge < -0.3 is 0 Å². The topological polar surface area (TPSA) is 0 Å². The molecule has 0 nitrogen and oxygen atoms in total. The zero-order valence-electron chi connectivity index (χ0n) is 4.98. The molecule has 2 aliphatic carbocycles. The van der Waals surface area contributed by atoms with Gasteiger partial charge in [0.15, 0.2) is 0 Å². The number of hydrogen-bond acceptors (Lipinski definition) is 0. The van der Waals surface area contributed by atoms with Crippen molar-refractivity contribution >= 4 is 0 Å². The monoisotopic (exact) mass is 106 g/mol. The van der Waals surface area contributed by atoms with E-state index in [2.05, 4.69) is 12.2 Å². The Morgan fingerprint density at radius 2 is 1.38 bits per heavy atom. The first-order chi connectivity index (χ1) is 3.97. The highest BCUT2D eigenvalue weighted by Gasteiger charge is 2.14. The van der Waals surface area contributed by atoms with Gasteiger partial charge in [-0.1, -0.05) is 12.2 Å². The summed E-state index contributed by atoms with van der Waals surface area (Å²) in [6.07, 6.45) is 10.0. The van der Waals surface area contributed by atoms with Crippen LogP contribution in [-0.2, 0) is 0 Å². The molecule has 0 heterocycles. The van der Waals surface area contributed by atoms with Gasteiger partial charge in [0.25, 0.3) is 0 Å². The van der Waals surface area contributed by atoms with Crippen molar-refractivity contribution in [2.24, 2.45) is 0 Å². The normalized spacial score (nSPS) is 25.0. The van der Waals surface area contributed by atoms with E-state index in [1.165, 1.54) is 25.7 Å².